The third-order valence-electron chi connectivity index (χ3n) is 5.36. The Labute approximate surface area is 171 Å². The maximum Gasteiger partial charge on any atom is 0.123 e. The van der Waals surface area contributed by atoms with Crippen LogP contribution in [0.15, 0.2) is 97.1 Å². The van der Waals surface area contributed by atoms with Crippen molar-refractivity contribution in [2.24, 2.45) is 0 Å². The topological polar surface area (TPSA) is 40.5 Å². The Bertz CT molecular complexity index is 1100. The summed E-state index contributed by atoms with van der Waals surface area (Å²) in [6.07, 6.45) is 0.846. The fourth-order valence-corrected chi connectivity index (χ4v) is 3.74. The molecule has 2 nitrogen and oxygen atoms in total. The molecule has 0 bridgehead atoms. The van der Waals surface area contributed by atoms with Crippen LogP contribution < -0.4 is 0 Å². The van der Waals surface area contributed by atoms with Gasteiger partial charge in [0.1, 0.15) is 11.5 Å². The molecule has 0 aliphatic rings. The highest BCUT2D eigenvalue weighted by atomic mass is 16.3. The Kier molecular flexibility index (Phi) is 5.35. The van der Waals surface area contributed by atoms with Crippen molar-refractivity contribution in [2.75, 3.05) is 0 Å². The van der Waals surface area contributed by atoms with Crippen molar-refractivity contribution in [3.8, 4) is 33.8 Å². The Morgan fingerprint density at radius 2 is 1.14 bits per heavy atom. The van der Waals surface area contributed by atoms with Gasteiger partial charge in [0.25, 0.3) is 0 Å². The van der Waals surface area contributed by atoms with E-state index in [4.69, 9.17) is 0 Å². The van der Waals surface area contributed by atoms with E-state index in [2.05, 4.69) is 19.1 Å². The molecule has 2 heteroatoms. The molecule has 4 rings (SSSR count). The van der Waals surface area contributed by atoms with Gasteiger partial charge in [-0.3, -0.25) is 0 Å². The largest absolute Gasteiger partial charge is 0.507 e. The average Bonchev–Trinajstić information content (AvgIpc) is 2.76. The van der Waals surface area contributed by atoms with Gasteiger partial charge in [-0.25, -0.2) is 0 Å². The van der Waals surface area contributed by atoms with Gasteiger partial charge in [-0.15, -0.1) is 0 Å². The molecule has 29 heavy (non-hydrogen) atoms. The zero-order chi connectivity index (χ0) is 20.2. The Balaban J connectivity index is 1.61. The number of phenolic OH excluding ortho intramolecular Hbond substituents is 2. The molecule has 144 valence electrons. The van der Waals surface area contributed by atoms with E-state index in [1.807, 2.05) is 72.8 Å². The molecule has 1 atom stereocenters. The maximum absolute atomic E-state index is 10.3. The summed E-state index contributed by atoms with van der Waals surface area (Å²) in [6, 6.07) is 31.6. The second-order valence-corrected chi connectivity index (χ2v) is 7.47. The molecular weight excluding hydrogens is 356 g/mol. The molecule has 4 aromatic carbocycles. The van der Waals surface area contributed by atoms with Gasteiger partial charge in [-0.05, 0) is 58.9 Å². The van der Waals surface area contributed by atoms with Gasteiger partial charge in [0, 0.05) is 11.1 Å². The molecule has 0 amide bonds. The zero-order valence-corrected chi connectivity index (χ0v) is 16.4. The first-order chi connectivity index (χ1) is 14.1. The minimum atomic E-state index is 0.270. The average molecular weight is 380 g/mol. The van der Waals surface area contributed by atoms with E-state index in [1.165, 1.54) is 11.1 Å². The van der Waals surface area contributed by atoms with Crippen LogP contribution in [0.2, 0.25) is 0 Å². The minimum absolute atomic E-state index is 0.270. The number of hydrogen-bond acceptors (Lipinski definition) is 2. The first-order valence-electron chi connectivity index (χ1n) is 9.87. The van der Waals surface area contributed by atoms with Gasteiger partial charge in [-0.2, -0.15) is 0 Å². The quantitative estimate of drug-likeness (QED) is 0.401. The zero-order valence-electron chi connectivity index (χ0n) is 16.4. The van der Waals surface area contributed by atoms with Crippen LogP contribution in [-0.2, 0) is 6.42 Å². The molecule has 2 N–H and O–H groups in total. The summed E-state index contributed by atoms with van der Waals surface area (Å²) in [5, 5.41) is 20.6. The Morgan fingerprint density at radius 1 is 0.621 bits per heavy atom. The van der Waals surface area contributed by atoms with Crippen molar-refractivity contribution >= 4 is 0 Å². The molecule has 1 unspecified atom stereocenters. The van der Waals surface area contributed by atoms with Crippen LogP contribution in [0, 0.1) is 0 Å². The van der Waals surface area contributed by atoms with Crippen molar-refractivity contribution < 1.29 is 10.2 Å². The lowest BCUT2D eigenvalue weighted by Gasteiger charge is -2.16. The van der Waals surface area contributed by atoms with Crippen molar-refractivity contribution in [2.45, 2.75) is 19.3 Å². The van der Waals surface area contributed by atoms with E-state index >= 15 is 0 Å². The van der Waals surface area contributed by atoms with Crippen molar-refractivity contribution in [1.29, 1.82) is 0 Å². The van der Waals surface area contributed by atoms with Crippen molar-refractivity contribution in [3.63, 3.8) is 0 Å². The second-order valence-electron chi connectivity index (χ2n) is 7.47. The molecule has 0 radical (unpaired) electrons. The van der Waals surface area contributed by atoms with Crippen LogP contribution in [0.1, 0.15) is 24.0 Å². The summed E-state index contributed by atoms with van der Waals surface area (Å²) in [7, 11) is 0. The van der Waals surface area contributed by atoms with Crippen molar-refractivity contribution in [3.05, 3.63) is 108 Å². The lowest BCUT2D eigenvalue weighted by Crippen LogP contribution is -1.99. The SMILES string of the molecule is CC(Cc1ccc(O)c(-c2ccccc2)c1)c1ccc(O)c(-c2ccccc2)c1. The van der Waals surface area contributed by atoms with Gasteiger partial charge in [0.2, 0.25) is 0 Å². The Hall–Kier alpha value is -3.52. The minimum Gasteiger partial charge on any atom is -0.507 e. The number of hydrogen-bond donors (Lipinski definition) is 2. The summed E-state index contributed by atoms with van der Waals surface area (Å²) in [6.45, 7) is 2.19. The molecule has 0 saturated carbocycles. The van der Waals surface area contributed by atoms with E-state index in [0.717, 1.165) is 28.7 Å². The lowest BCUT2D eigenvalue weighted by molar-refractivity contribution is 0.476. The molecule has 0 heterocycles. The van der Waals surface area contributed by atoms with Crippen molar-refractivity contribution in [1.82, 2.24) is 0 Å². The highest BCUT2D eigenvalue weighted by molar-refractivity contribution is 5.72. The summed E-state index contributed by atoms with van der Waals surface area (Å²) < 4.78 is 0. The van der Waals surface area contributed by atoms with E-state index < -0.39 is 0 Å². The summed E-state index contributed by atoms with van der Waals surface area (Å²) in [4.78, 5) is 0. The number of rotatable bonds is 5. The highest BCUT2D eigenvalue weighted by Gasteiger charge is 2.13. The molecule has 0 spiro atoms. The molecule has 0 fully saturated rings. The Morgan fingerprint density at radius 3 is 1.72 bits per heavy atom. The number of benzene rings is 4. The van der Waals surface area contributed by atoms with Crippen LogP contribution in [0.3, 0.4) is 0 Å². The van der Waals surface area contributed by atoms with Gasteiger partial charge in [0.05, 0.1) is 0 Å². The highest BCUT2D eigenvalue weighted by Crippen LogP contribution is 2.35. The van der Waals surface area contributed by atoms with Crippen LogP contribution in [0.4, 0.5) is 0 Å². The van der Waals surface area contributed by atoms with E-state index in [9.17, 15) is 10.2 Å². The molecule has 4 aromatic rings. The fourth-order valence-electron chi connectivity index (χ4n) is 3.74. The molecule has 0 saturated heterocycles. The molecular formula is C27H24O2. The van der Waals surface area contributed by atoms with Gasteiger partial charge >= 0.3 is 0 Å². The van der Waals surface area contributed by atoms with Gasteiger partial charge < -0.3 is 10.2 Å². The number of phenols is 2. The van der Waals surface area contributed by atoms with Gasteiger partial charge in [-0.1, -0.05) is 79.7 Å². The standard InChI is InChI=1S/C27H24O2/c1-19(23-13-15-27(29)25(18-23)22-10-6-3-7-11-22)16-20-12-14-26(28)24(17-20)21-8-4-2-5-9-21/h2-15,17-19,28-29H,16H2,1H3. The van der Waals surface area contributed by atoms with Crippen LogP contribution in [0.5, 0.6) is 11.5 Å². The van der Waals surface area contributed by atoms with E-state index in [-0.39, 0.29) is 5.92 Å². The third-order valence-corrected chi connectivity index (χ3v) is 5.36. The predicted molar refractivity (Wildman–Crippen MR) is 119 cm³/mol. The third kappa shape index (κ3) is 4.17. The molecule has 0 aliphatic heterocycles. The summed E-state index contributed by atoms with van der Waals surface area (Å²) in [5.41, 5.74) is 6.07. The van der Waals surface area contributed by atoms with E-state index in [1.54, 1.807) is 12.1 Å². The summed E-state index contributed by atoms with van der Waals surface area (Å²) in [5.74, 6) is 0.859. The lowest BCUT2D eigenvalue weighted by atomic mass is 9.90. The summed E-state index contributed by atoms with van der Waals surface area (Å²) >= 11 is 0. The monoisotopic (exact) mass is 380 g/mol. The maximum atomic E-state index is 10.3. The van der Waals surface area contributed by atoms with Crippen LogP contribution in [-0.4, -0.2) is 10.2 Å². The van der Waals surface area contributed by atoms with Gasteiger partial charge in [0.15, 0.2) is 0 Å². The first-order valence-corrected chi connectivity index (χ1v) is 9.87. The normalized spacial score (nSPS) is 11.9. The predicted octanol–water partition coefficient (Wildman–Crippen LogP) is 6.78. The number of aromatic hydroxyl groups is 2. The van der Waals surface area contributed by atoms with Crippen LogP contribution in [0.25, 0.3) is 22.3 Å². The second kappa shape index (κ2) is 8.24. The smallest absolute Gasteiger partial charge is 0.123 e. The van der Waals surface area contributed by atoms with Crippen LogP contribution >= 0.6 is 0 Å². The fraction of sp³-hybridized carbons (Fsp3) is 0.111. The molecule has 0 aromatic heterocycles. The van der Waals surface area contributed by atoms with E-state index in [0.29, 0.717) is 11.5 Å². The first kappa shape index (κ1) is 18.8. The molecule has 0 aliphatic carbocycles.